The lowest BCUT2D eigenvalue weighted by molar-refractivity contribution is -0.123. The van der Waals surface area contributed by atoms with E-state index in [1.807, 2.05) is 24.3 Å². The zero-order valence-corrected chi connectivity index (χ0v) is 11.0. The fraction of sp³-hybridized carbons (Fsp3) is 0.533. The van der Waals surface area contributed by atoms with E-state index in [2.05, 4.69) is 5.32 Å². The highest BCUT2D eigenvalue weighted by atomic mass is 16.3. The lowest BCUT2D eigenvalue weighted by Crippen LogP contribution is -2.29. The Balaban J connectivity index is 2.04. The molecule has 19 heavy (non-hydrogen) atoms. The lowest BCUT2D eigenvalue weighted by Gasteiger charge is -2.21. The molecule has 0 saturated heterocycles. The number of hydrogen-bond acceptors (Lipinski definition) is 3. The van der Waals surface area contributed by atoms with Gasteiger partial charge in [0.15, 0.2) is 0 Å². The maximum atomic E-state index is 11.7. The predicted molar refractivity (Wildman–Crippen MR) is 72.5 cm³/mol. The van der Waals surface area contributed by atoms with Gasteiger partial charge in [0.05, 0.1) is 12.7 Å². The third-order valence-electron chi connectivity index (χ3n) is 3.72. The Morgan fingerprint density at radius 1 is 1.37 bits per heavy atom. The van der Waals surface area contributed by atoms with Crippen LogP contribution in [0.5, 0.6) is 0 Å². The molecule has 1 aromatic carbocycles. The number of amides is 1. The first-order valence-corrected chi connectivity index (χ1v) is 6.86. The Bertz CT molecular complexity index is 433. The highest BCUT2D eigenvalue weighted by Crippen LogP contribution is 2.34. The Morgan fingerprint density at radius 2 is 2.16 bits per heavy atom. The van der Waals surface area contributed by atoms with Crippen LogP contribution in [0, 0.1) is 5.92 Å². The number of carbonyl (C=O) groups excluding carboxylic acids is 1. The van der Waals surface area contributed by atoms with Crippen LogP contribution >= 0.6 is 0 Å². The first-order valence-electron chi connectivity index (χ1n) is 6.86. The van der Waals surface area contributed by atoms with Crippen molar-refractivity contribution in [2.75, 3.05) is 13.2 Å². The van der Waals surface area contributed by atoms with Crippen molar-refractivity contribution in [2.24, 2.45) is 5.92 Å². The molecule has 104 valence electrons. The van der Waals surface area contributed by atoms with Gasteiger partial charge in [-0.05, 0) is 36.3 Å². The Kier molecular flexibility index (Phi) is 4.93. The fourth-order valence-electron chi connectivity index (χ4n) is 2.74. The summed E-state index contributed by atoms with van der Waals surface area (Å²) in [6.45, 7) is 0.222. The molecule has 0 bridgehead atoms. The zero-order chi connectivity index (χ0) is 13.7. The average molecular weight is 263 g/mol. The van der Waals surface area contributed by atoms with Crippen LogP contribution in [0.1, 0.15) is 36.5 Å². The standard InChI is InChI=1S/C15H21NO3/c17-9-8-16-14(18)10-12-6-3-5-11-4-1-2-7-13(11)15(12)19/h1-2,4,7,12,15,17,19H,3,5-6,8-10H2,(H,16,18). The minimum Gasteiger partial charge on any atom is -0.395 e. The molecule has 2 unspecified atom stereocenters. The molecule has 0 radical (unpaired) electrons. The molecule has 0 aliphatic heterocycles. The second-order valence-corrected chi connectivity index (χ2v) is 5.07. The van der Waals surface area contributed by atoms with E-state index < -0.39 is 6.10 Å². The summed E-state index contributed by atoms with van der Waals surface area (Å²) in [7, 11) is 0. The van der Waals surface area contributed by atoms with Gasteiger partial charge in [0.2, 0.25) is 5.91 Å². The van der Waals surface area contributed by atoms with Crippen LogP contribution in [-0.4, -0.2) is 29.3 Å². The van der Waals surface area contributed by atoms with Crippen LogP contribution < -0.4 is 5.32 Å². The molecule has 4 heteroatoms. The van der Waals surface area contributed by atoms with Gasteiger partial charge in [-0.15, -0.1) is 0 Å². The van der Waals surface area contributed by atoms with Crippen molar-refractivity contribution in [3.8, 4) is 0 Å². The van der Waals surface area contributed by atoms with Gasteiger partial charge < -0.3 is 15.5 Å². The van der Waals surface area contributed by atoms with E-state index in [1.165, 1.54) is 5.56 Å². The van der Waals surface area contributed by atoms with Crippen molar-refractivity contribution in [3.63, 3.8) is 0 Å². The zero-order valence-electron chi connectivity index (χ0n) is 11.0. The molecular formula is C15H21NO3. The molecule has 4 nitrogen and oxygen atoms in total. The number of aliphatic hydroxyl groups is 2. The molecular weight excluding hydrogens is 242 g/mol. The number of nitrogens with one attached hydrogen (secondary N) is 1. The van der Waals surface area contributed by atoms with Crippen LogP contribution in [-0.2, 0) is 11.2 Å². The number of aryl methyl sites for hydroxylation is 1. The molecule has 3 N–H and O–H groups in total. The van der Waals surface area contributed by atoms with Crippen LogP contribution in [0.3, 0.4) is 0 Å². The second kappa shape index (κ2) is 6.68. The fourth-order valence-corrected chi connectivity index (χ4v) is 2.74. The summed E-state index contributed by atoms with van der Waals surface area (Å²) in [4.78, 5) is 11.7. The SMILES string of the molecule is O=C(CC1CCCc2ccccc2C1O)NCCO. The monoisotopic (exact) mass is 263 g/mol. The average Bonchev–Trinajstić information content (AvgIpc) is 2.58. The van der Waals surface area contributed by atoms with E-state index >= 15 is 0 Å². The quantitative estimate of drug-likeness (QED) is 0.714. The number of hydrogen-bond donors (Lipinski definition) is 3. The highest BCUT2D eigenvalue weighted by Gasteiger charge is 2.27. The molecule has 0 fully saturated rings. The summed E-state index contributed by atoms with van der Waals surface area (Å²) in [5.41, 5.74) is 2.15. The van der Waals surface area contributed by atoms with Gasteiger partial charge in [-0.3, -0.25) is 4.79 Å². The van der Waals surface area contributed by atoms with E-state index in [1.54, 1.807) is 0 Å². The van der Waals surface area contributed by atoms with Gasteiger partial charge in [-0.2, -0.15) is 0 Å². The summed E-state index contributed by atoms with van der Waals surface area (Å²) in [5.74, 6) is -0.139. The second-order valence-electron chi connectivity index (χ2n) is 5.07. The molecule has 2 atom stereocenters. The molecule has 1 amide bonds. The summed E-state index contributed by atoms with van der Waals surface area (Å²) >= 11 is 0. The van der Waals surface area contributed by atoms with Gasteiger partial charge in [-0.1, -0.05) is 24.3 Å². The van der Waals surface area contributed by atoms with Gasteiger partial charge in [-0.25, -0.2) is 0 Å². The molecule has 2 rings (SSSR count). The summed E-state index contributed by atoms with van der Waals surface area (Å²) < 4.78 is 0. The minimum absolute atomic E-state index is 0.0395. The van der Waals surface area contributed by atoms with Gasteiger partial charge in [0.25, 0.3) is 0 Å². The van der Waals surface area contributed by atoms with E-state index in [0.717, 1.165) is 24.8 Å². The number of aliphatic hydroxyl groups excluding tert-OH is 2. The Hall–Kier alpha value is -1.39. The Labute approximate surface area is 113 Å². The first kappa shape index (κ1) is 14.0. The number of fused-ring (bicyclic) bond motifs is 1. The van der Waals surface area contributed by atoms with Crippen LogP contribution in [0.15, 0.2) is 24.3 Å². The lowest BCUT2D eigenvalue weighted by atomic mass is 9.90. The summed E-state index contributed by atoms with van der Waals surface area (Å²) in [6, 6.07) is 7.91. The van der Waals surface area contributed by atoms with Gasteiger partial charge in [0.1, 0.15) is 0 Å². The van der Waals surface area contributed by atoms with Crippen molar-refractivity contribution in [3.05, 3.63) is 35.4 Å². The molecule has 0 heterocycles. The number of benzene rings is 1. The van der Waals surface area contributed by atoms with Crippen molar-refractivity contribution in [2.45, 2.75) is 31.8 Å². The largest absolute Gasteiger partial charge is 0.395 e. The minimum atomic E-state index is -0.571. The predicted octanol–water partition coefficient (Wildman–Crippen LogP) is 1.17. The smallest absolute Gasteiger partial charge is 0.220 e. The first-order chi connectivity index (χ1) is 9.22. The Morgan fingerprint density at radius 3 is 2.95 bits per heavy atom. The number of rotatable bonds is 4. The maximum Gasteiger partial charge on any atom is 0.220 e. The third kappa shape index (κ3) is 3.55. The van der Waals surface area contributed by atoms with Crippen LogP contribution in [0.25, 0.3) is 0 Å². The molecule has 1 aliphatic carbocycles. The maximum absolute atomic E-state index is 11.7. The number of carbonyl (C=O) groups is 1. The molecule has 0 aromatic heterocycles. The van der Waals surface area contributed by atoms with E-state index in [4.69, 9.17) is 5.11 Å². The van der Waals surface area contributed by atoms with Crippen molar-refractivity contribution in [1.29, 1.82) is 0 Å². The normalized spacial score (nSPS) is 22.4. The molecule has 0 spiro atoms. The highest BCUT2D eigenvalue weighted by molar-refractivity contribution is 5.76. The van der Waals surface area contributed by atoms with Crippen molar-refractivity contribution >= 4 is 5.91 Å². The van der Waals surface area contributed by atoms with Gasteiger partial charge in [0, 0.05) is 13.0 Å². The van der Waals surface area contributed by atoms with E-state index in [9.17, 15) is 9.90 Å². The van der Waals surface area contributed by atoms with E-state index in [0.29, 0.717) is 6.42 Å². The van der Waals surface area contributed by atoms with Crippen LogP contribution in [0.4, 0.5) is 0 Å². The molecule has 0 saturated carbocycles. The third-order valence-corrected chi connectivity index (χ3v) is 3.72. The summed E-state index contributed by atoms with van der Waals surface area (Å²) in [5, 5.41) is 21.8. The van der Waals surface area contributed by atoms with Gasteiger partial charge >= 0.3 is 0 Å². The topological polar surface area (TPSA) is 69.6 Å². The van der Waals surface area contributed by atoms with E-state index in [-0.39, 0.29) is 25.0 Å². The molecule has 1 aromatic rings. The van der Waals surface area contributed by atoms with Crippen LogP contribution in [0.2, 0.25) is 0 Å². The van der Waals surface area contributed by atoms with Crippen molar-refractivity contribution < 1.29 is 15.0 Å². The summed E-state index contributed by atoms with van der Waals surface area (Å²) in [6.07, 6.45) is 2.55. The molecule has 1 aliphatic rings. The van der Waals surface area contributed by atoms with Crippen molar-refractivity contribution in [1.82, 2.24) is 5.32 Å².